The van der Waals surface area contributed by atoms with Crippen molar-refractivity contribution in [2.75, 3.05) is 0 Å². The van der Waals surface area contributed by atoms with E-state index < -0.39 is 4.92 Å². The van der Waals surface area contributed by atoms with E-state index >= 15 is 0 Å². The smallest absolute Gasteiger partial charge is 0.269 e. The molecule has 2 rings (SSSR count). The Bertz CT molecular complexity index is 663. The molecule has 108 valence electrons. The number of benzene rings is 1. The molecule has 0 fully saturated rings. The van der Waals surface area contributed by atoms with Crippen molar-refractivity contribution in [3.8, 4) is 0 Å². The van der Waals surface area contributed by atoms with Crippen molar-refractivity contribution in [1.29, 1.82) is 0 Å². The maximum absolute atomic E-state index is 11.8. The van der Waals surface area contributed by atoms with Crippen LogP contribution in [0.2, 0.25) is 0 Å². The molecule has 1 heterocycles. The first-order chi connectivity index (χ1) is 10.1. The van der Waals surface area contributed by atoms with Crippen molar-refractivity contribution in [1.82, 2.24) is 5.43 Å². The molecular weight excluding hydrogens is 290 g/mol. The number of nitrogens with zero attached hydrogens (tertiary/aromatic N) is 2. The molecular formula is C14H13N3O3S. The van der Waals surface area contributed by atoms with Gasteiger partial charge in [0.1, 0.15) is 0 Å². The number of non-ortho nitro benzene ring substituents is 1. The van der Waals surface area contributed by atoms with Crippen molar-refractivity contribution in [2.24, 2.45) is 5.10 Å². The second kappa shape index (κ2) is 6.76. The molecule has 0 aliphatic heterocycles. The van der Waals surface area contributed by atoms with Gasteiger partial charge in [0.05, 0.1) is 17.1 Å². The van der Waals surface area contributed by atoms with Crippen LogP contribution < -0.4 is 5.43 Å². The second-order valence-electron chi connectivity index (χ2n) is 4.31. The van der Waals surface area contributed by atoms with E-state index in [-0.39, 0.29) is 18.0 Å². The number of amides is 1. The number of nitro groups is 1. The monoisotopic (exact) mass is 303 g/mol. The molecule has 1 amide bonds. The zero-order valence-electron chi connectivity index (χ0n) is 11.3. The molecule has 1 aromatic carbocycles. The summed E-state index contributed by atoms with van der Waals surface area (Å²) in [5.41, 5.74) is 3.92. The number of thiophene rings is 1. The van der Waals surface area contributed by atoms with E-state index in [1.54, 1.807) is 23.5 Å². The molecule has 0 aliphatic rings. The molecule has 0 bridgehead atoms. The van der Waals surface area contributed by atoms with Gasteiger partial charge in [-0.25, -0.2) is 5.43 Å². The molecule has 2 aromatic rings. The Labute approximate surface area is 125 Å². The predicted molar refractivity (Wildman–Crippen MR) is 81.5 cm³/mol. The van der Waals surface area contributed by atoms with Gasteiger partial charge >= 0.3 is 0 Å². The molecule has 0 spiro atoms. The number of carbonyl (C=O) groups is 1. The first kappa shape index (κ1) is 14.9. The summed E-state index contributed by atoms with van der Waals surface area (Å²) in [6.07, 6.45) is 0.124. The third-order valence-electron chi connectivity index (χ3n) is 2.74. The van der Waals surface area contributed by atoms with Gasteiger partial charge in [0.25, 0.3) is 5.69 Å². The summed E-state index contributed by atoms with van der Waals surface area (Å²) in [4.78, 5) is 22.8. The average Bonchev–Trinajstić information content (AvgIpc) is 2.99. The van der Waals surface area contributed by atoms with E-state index in [9.17, 15) is 14.9 Å². The lowest BCUT2D eigenvalue weighted by molar-refractivity contribution is -0.384. The van der Waals surface area contributed by atoms with Gasteiger partial charge < -0.3 is 0 Å². The topological polar surface area (TPSA) is 84.6 Å². The van der Waals surface area contributed by atoms with Gasteiger partial charge in [-0.15, -0.1) is 11.3 Å². The highest BCUT2D eigenvalue weighted by Crippen LogP contribution is 2.12. The Balaban J connectivity index is 1.92. The summed E-state index contributed by atoms with van der Waals surface area (Å²) in [6.45, 7) is 1.82. The highest BCUT2D eigenvalue weighted by atomic mass is 32.1. The van der Waals surface area contributed by atoms with Crippen molar-refractivity contribution >= 4 is 28.6 Å². The largest absolute Gasteiger partial charge is 0.273 e. The average molecular weight is 303 g/mol. The number of hydrogen-bond acceptors (Lipinski definition) is 5. The lowest BCUT2D eigenvalue weighted by Crippen LogP contribution is -2.21. The number of nitrogens with one attached hydrogen (secondary N) is 1. The predicted octanol–water partition coefficient (Wildman–Crippen LogP) is 2.74. The van der Waals surface area contributed by atoms with Gasteiger partial charge in [-0.05, 0) is 23.9 Å². The van der Waals surface area contributed by atoms with Crippen molar-refractivity contribution < 1.29 is 9.72 Å². The SMILES string of the molecule is C/C(=N\NC(=O)Cc1ccc([N+](=O)[O-])cc1)c1cccs1. The lowest BCUT2D eigenvalue weighted by atomic mass is 10.1. The van der Waals surface area contributed by atoms with E-state index in [0.29, 0.717) is 5.56 Å². The molecule has 0 saturated heterocycles. The van der Waals surface area contributed by atoms with Crippen LogP contribution in [0.1, 0.15) is 17.4 Å². The van der Waals surface area contributed by atoms with Crippen molar-refractivity contribution in [3.05, 3.63) is 62.3 Å². The normalized spacial score (nSPS) is 11.2. The highest BCUT2D eigenvalue weighted by molar-refractivity contribution is 7.12. The molecule has 0 saturated carbocycles. The van der Waals surface area contributed by atoms with E-state index in [4.69, 9.17) is 0 Å². The Morgan fingerprint density at radius 3 is 2.62 bits per heavy atom. The minimum absolute atomic E-state index is 0.00530. The summed E-state index contributed by atoms with van der Waals surface area (Å²) in [7, 11) is 0. The summed E-state index contributed by atoms with van der Waals surface area (Å²) in [6, 6.07) is 9.72. The lowest BCUT2D eigenvalue weighted by Gasteiger charge is -2.02. The fraction of sp³-hybridized carbons (Fsp3) is 0.143. The van der Waals surface area contributed by atoms with E-state index in [2.05, 4.69) is 10.5 Å². The van der Waals surface area contributed by atoms with Gasteiger partial charge in [0.2, 0.25) is 5.91 Å². The van der Waals surface area contributed by atoms with Gasteiger partial charge in [-0.1, -0.05) is 18.2 Å². The van der Waals surface area contributed by atoms with Crippen LogP contribution in [0.3, 0.4) is 0 Å². The van der Waals surface area contributed by atoms with Gasteiger partial charge in [-0.2, -0.15) is 5.10 Å². The Kier molecular flexibility index (Phi) is 4.78. The molecule has 0 atom stereocenters. The first-order valence-electron chi connectivity index (χ1n) is 6.16. The molecule has 6 nitrogen and oxygen atoms in total. The third kappa shape index (κ3) is 4.22. The Morgan fingerprint density at radius 2 is 2.05 bits per heavy atom. The van der Waals surface area contributed by atoms with Crippen LogP contribution in [0.5, 0.6) is 0 Å². The Morgan fingerprint density at radius 1 is 1.33 bits per heavy atom. The van der Waals surface area contributed by atoms with Crippen LogP contribution in [-0.2, 0) is 11.2 Å². The molecule has 0 radical (unpaired) electrons. The molecule has 0 unspecified atom stereocenters. The molecule has 1 N–H and O–H groups in total. The number of hydrogen-bond donors (Lipinski definition) is 1. The van der Waals surface area contributed by atoms with Crippen LogP contribution in [0, 0.1) is 10.1 Å². The van der Waals surface area contributed by atoms with Crippen LogP contribution >= 0.6 is 11.3 Å². The number of carbonyl (C=O) groups excluding carboxylic acids is 1. The van der Waals surface area contributed by atoms with Crippen LogP contribution in [0.15, 0.2) is 46.9 Å². The minimum Gasteiger partial charge on any atom is -0.273 e. The summed E-state index contributed by atoms with van der Waals surface area (Å²) in [5.74, 6) is -0.264. The zero-order chi connectivity index (χ0) is 15.2. The third-order valence-corrected chi connectivity index (χ3v) is 3.72. The molecule has 0 aliphatic carbocycles. The highest BCUT2D eigenvalue weighted by Gasteiger charge is 2.07. The second-order valence-corrected chi connectivity index (χ2v) is 5.26. The number of nitro benzene ring substituents is 1. The standard InChI is InChI=1S/C14H13N3O3S/c1-10(13-3-2-8-21-13)15-16-14(18)9-11-4-6-12(7-5-11)17(19)20/h2-8H,9H2,1H3,(H,16,18)/b15-10+. The van der Waals surface area contributed by atoms with Crippen LogP contribution in [-0.4, -0.2) is 16.5 Å². The molecule has 21 heavy (non-hydrogen) atoms. The van der Waals surface area contributed by atoms with Crippen molar-refractivity contribution in [2.45, 2.75) is 13.3 Å². The zero-order valence-corrected chi connectivity index (χ0v) is 12.1. The quantitative estimate of drug-likeness (QED) is 0.523. The number of hydrazone groups is 1. The van der Waals surface area contributed by atoms with Crippen molar-refractivity contribution in [3.63, 3.8) is 0 Å². The van der Waals surface area contributed by atoms with E-state index in [0.717, 1.165) is 10.6 Å². The maximum atomic E-state index is 11.8. The minimum atomic E-state index is -0.474. The van der Waals surface area contributed by atoms with E-state index in [1.807, 2.05) is 24.4 Å². The summed E-state index contributed by atoms with van der Waals surface area (Å²) < 4.78 is 0. The summed E-state index contributed by atoms with van der Waals surface area (Å²) in [5, 5.41) is 16.5. The van der Waals surface area contributed by atoms with E-state index in [1.165, 1.54) is 12.1 Å². The molecule has 1 aromatic heterocycles. The van der Waals surface area contributed by atoms with Crippen LogP contribution in [0.4, 0.5) is 5.69 Å². The van der Waals surface area contributed by atoms with Crippen LogP contribution in [0.25, 0.3) is 0 Å². The van der Waals surface area contributed by atoms with Gasteiger partial charge in [-0.3, -0.25) is 14.9 Å². The maximum Gasteiger partial charge on any atom is 0.269 e. The van der Waals surface area contributed by atoms with Gasteiger partial charge in [0.15, 0.2) is 0 Å². The summed E-state index contributed by atoms with van der Waals surface area (Å²) >= 11 is 1.55. The fourth-order valence-corrected chi connectivity index (χ4v) is 2.32. The number of rotatable bonds is 5. The van der Waals surface area contributed by atoms with Gasteiger partial charge in [0, 0.05) is 17.0 Å². The fourth-order valence-electron chi connectivity index (χ4n) is 1.65. The molecule has 7 heteroatoms. The Hall–Kier alpha value is -2.54. The first-order valence-corrected chi connectivity index (χ1v) is 7.04.